The number of anilines is 5. The Balaban J connectivity index is 0.873. The molecule has 2 unspecified atom stereocenters. The minimum Gasteiger partial charge on any atom is -0.384 e. The number of primary amides is 1. The van der Waals surface area contributed by atoms with Gasteiger partial charge in [0, 0.05) is 37.1 Å². The zero-order valence-electron chi connectivity index (χ0n) is 31.7. The summed E-state index contributed by atoms with van der Waals surface area (Å²) < 4.78 is 30.8. The number of piperidine rings is 1. The van der Waals surface area contributed by atoms with Gasteiger partial charge in [0.2, 0.25) is 17.8 Å². The molecule has 3 heterocycles. The molecule has 0 bridgehead atoms. The minimum atomic E-state index is -1.40. The van der Waals surface area contributed by atoms with Crippen molar-refractivity contribution in [1.82, 2.24) is 24.9 Å². The number of carbonyl (C=O) groups excluding carboxylic acids is 5. The summed E-state index contributed by atoms with van der Waals surface area (Å²) in [6, 6.07) is 13.5. The molecule has 4 aromatic rings. The fraction of sp³-hybridized carbons (Fsp3) is 0.325. The van der Waals surface area contributed by atoms with Gasteiger partial charge in [0.05, 0.1) is 31.7 Å². The summed E-state index contributed by atoms with van der Waals surface area (Å²) in [5.74, 6) is -3.23. The van der Waals surface area contributed by atoms with Crippen LogP contribution in [0, 0.1) is 12.7 Å². The summed E-state index contributed by atoms with van der Waals surface area (Å²) in [7, 11) is -1.40. The van der Waals surface area contributed by atoms with Gasteiger partial charge in [-0.2, -0.15) is 4.98 Å². The second kappa shape index (κ2) is 19.2. The number of unbranched alkanes of at least 4 members (excludes halogenated alkanes) is 6. The molecule has 0 spiro atoms. The molecule has 3 aromatic carbocycles. The molecular weight excluding hydrogens is 833 g/mol. The largest absolute Gasteiger partial charge is 0.384 e. The Morgan fingerprint density at radius 3 is 2.36 bits per heavy atom. The van der Waals surface area contributed by atoms with Gasteiger partial charge in [-0.3, -0.25) is 34.2 Å². The average Bonchev–Trinajstić information content (AvgIpc) is 3.44. The molecule has 304 valence electrons. The maximum absolute atomic E-state index is 14.3. The molecule has 1 saturated heterocycles. The van der Waals surface area contributed by atoms with E-state index < -0.39 is 52.4 Å². The highest BCUT2D eigenvalue weighted by atomic mass is 79.9. The van der Waals surface area contributed by atoms with Crippen LogP contribution in [0.3, 0.4) is 0 Å². The van der Waals surface area contributed by atoms with Gasteiger partial charge < -0.3 is 21.7 Å². The second-order valence-electron chi connectivity index (χ2n) is 13.9. The molecule has 1 fully saturated rings. The van der Waals surface area contributed by atoms with Crippen molar-refractivity contribution in [2.24, 2.45) is 5.73 Å². The lowest BCUT2D eigenvalue weighted by atomic mass is 10.0. The third-order valence-corrected chi connectivity index (χ3v) is 11.5. The molecule has 5 amide bonds. The molecule has 6 rings (SSSR count). The fourth-order valence-corrected chi connectivity index (χ4v) is 8.06. The molecule has 0 radical (unpaired) electrons. The van der Waals surface area contributed by atoms with Crippen LogP contribution < -0.4 is 31.7 Å². The van der Waals surface area contributed by atoms with Crippen molar-refractivity contribution in [2.75, 3.05) is 29.0 Å². The number of halogens is 2. The molecular formula is C40H43BrFN9O6S. The molecule has 0 aliphatic carbocycles. The topological polar surface area (TPSA) is 218 Å². The summed E-state index contributed by atoms with van der Waals surface area (Å²) in [6.45, 7) is 3.10. The molecule has 0 saturated carbocycles. The fourth-order valence-electron chi connectivity index (χ4n) is 6.80. The summed E-state index contributed by atoms with van der Waals surface area (Å²) in [5.41, 5.74) is 7.84. The van der Waals surface area contributed by atoms with Gasteiger partial charge in [-0.25, -0.2) is 18.3 Å². The number of imide groups is 2. The number of hydrogen-bond donors (Lipinski definition) is 6. The first-order valence-corrected chi connectivity index (χ1v) is 20.9. The molecule has 15 nitrogen and oxygen atoms in total. The van der Waals surface area contributed by atoms with Crippen molar-refractivity contribution >= 4 is 85.3 Å². The van der Waals surface area contributed by atoms with E-state index in [1.54, 1.807) is 30.3 Å². The minimum absolute atomic E-state index is 0.0718. The van der Waals surface area contributed by atoms with Crippen molar-refractivity contribution in [1.29, 1.82) is 0 Å². The highest BCUT2D eigenvalue weighted by Gasteiger charge is 2.45. The first kappa shape index (κ1) is 42.0. The van der Waals surface area contributed by atoms with Crippen LogP contribution in [-0.4, -0.2) is 67.7 Å². The first-order chi connectivity index (χ1) is 27.9. The Labute approximate surface area is 345 Å². The van der Waals surface area contributed by atoms with Crippen LogP contribution in [-0.2, 0) is 20.6 Å². The number of rotatable bonds is 19. The van der Waals surface area contributed by atoms with E-state index in [1.165, 1.54) is 18.3 Å². The van der Waals surface area contributed by atoms with E-state index in [4.69, 9.17) is 5.73 Å². The smallest absolute Gasteiger partial charge is 0.264 e. The Kier molecular flexibility index (Phi) is 13.9. The number of carbonyl (C=O) groups is 5. The van der Waals surface area contributed by atoms with Crippen LogP contribution in [0.15, 0.2) is 70.2 Å². The predicted molar refractivity (Wildman–Crippen MR) is 221 cm³/mol. The lowest BCUT2D eigenvalue weighted by molar-refractivity contribution is -0.136. The van der Waals surface area contributed by atoms with Crippen molar-refractivity contribution in [3.63, 3.8) is 0 Å². The van der Waals surface area contributed by atoms with Crippen molar-refractivity contribution < 1.29 is 32.6 Å². The number of nitrogens with two attached hydrogens (primary N) is 1. The Bertz CT molecular complexity index is 2280. The summed E-state index contributed by atoms with van der Waals surface area (Å²) >= 11 is 3.37. The Morgan fingerprint density at radius 2 is 1.64 bits per heavy atom. The lowest BCUT2D eigenvalue weighted by Gasteiger charge is -2.27. The summed E-state index contributed by atoms with van der Waals surface area (Å²) in [6.07, 6.45) is 8.58. The van der Waals surface area contributed by atoms with Gasteiger partial charge in [0.1, 0.15) is 28.7 Å². The summed E-state index contributed by atoms with van der Waals surface area (Å²) in [4.78, 5) is 72.4. The highest BCUT2D eigenvalue weighted by Crippen LogP contribution is 2.33. The SMILES string of the molecule is Cc1cc(S(=O)NCCCCCCCCCNc2cccc3c2C(=O)N(C2CCC(=O)NC2=O)C3=O)ccc1Nc1ncc(Br)c(Nc2cccc(F)c2C(N)=O)n1. The number of fused-ring (bicyclic) bond motifs is 1. The zero-order valence-corrected chi connectivity index (χ0v) is 34.1. The quantitative estimate of drug-likeness (QED) is 0.0465. The number of nitrogens with zero attached hydrogens (tertiary/aromatic N) is 3. The molecule has 58 heavy (non-hydrogen) atoms. The van der Waals surface area contributed by atoms with Gasteiger partial charge in [-0.1, -0.05) is 44.2 Å². The van der Waals surface area contributed by atoms with Gasteiger partial charge in [-0.15, -0.1) is 0 Å². The van der Waals surface area contributed by atoms with Gasteiger partial charge in [0.25, 0.3) is 17.7 Å². The van der Waals surface area contributed by atoms with Gasteiger partial charge in [0.15, 0.2) is 0 Å². The molecule has 2 atom stereocenters. The van der Waals surface area contributed by atoms with Crippen LogP contribution in [0.25, 0.3) is 0 Å². The van der Waals surface area contributed by atoms with Gasteiger partial charge in [-0.05, 0) is 90.1 Å². The van der Waals surface area contributed by atoms with Crippen molar-refractivity contribution in [3.05, 3.63) is 93.3 Å². The Hall–Kier alpha value is -5.59. The van der Waals surface area contributed by atoms with Crippen LogP contribution >= 0.6 is 15.9 Å². The van der Waals surface area contributed by atoms with Gasteiger partial charge >= 0.3 is 0 Å². The van der Waals surface area contributed by atoms with E-state index >= 15 is 0 Å². The maximum Gasteiger partial charge on any atom is 0.264 e. The van der Waals surface area contributed by atoms with Crippen LogP contribution in [0.4, 0.5) is 33.2 Å². The van der Waals surface area contributed by atoms with E-state index in [-0.39, 0.29) is 47.0 Å². The van der Waals surface area contributed by atoms with Crippen LogP contribution in [0.2, 0.25) is 0 Å². The number of hydrogen-bond acceptors (Lipinski definition) is 11. The number of nitrogens with one attached hydrogen (secondary N) is 5. The number of aromatic nitrogens is 2. The zero-order chi connectivity index (χ0) is 41.3. The van der Waals surface area contributed by atoms with E-state index in [9.17, 15) is 32.6 Å². The first-order valence-electron chi connectivity index (χ1n) is 18.9. The number of benzene rings is 3. The van der Waals surface area contributed by atoms with Crippen molar-refractivity contribution in [3.8, 4) is 0 Å². The van der Waals surface area contributed by atoms with Crippen LogP contribution in [0.1, 0.15) is 94.4 Å². The molecule has 2 aliphatic rings. The standard InChI is InChI=1S/C40H43BrFN9O6S/c1-23-21-24(15-16-28(23)48-40-45-22-26(41)36(50-40)47-30-14-10-12-27(42)34(30)35(43)53)58(57)46-20-8-6-4-2-3-5-7-19-44-29-13-9-11-25-33(29)39(56)51(38(25)55)31-17-18-32(52)49-37(31)54/h9-16,21-22,31,44,46H,2-8,17-20H2,1H3,(H2,43,53)(H,49,52,54)(H2,45,47,48,50). The maximum atomic E-state index is 14.3. The van der Waals surface area contributed by atoms with E-state index in [2.05, 4.69) is 51.9 Å². The summed E-state index contributed by atoms with van der Waals surface area (Å²) in [5, 5.41) is 11.6. The molecule has 1 aromatic heterocycles. The molecule has 2 aliphatic heterocycles. The number of aryl methyl sites for hydroxylation is 1. The average molecular weight is 877 g/mol. The monoisotopic (exact) mass is 875 g/mol. The highest BCUT2D eigenvalue weighted by molar-refractivity contribution is 9.10. The van der Waals surface area contributed by atoms with E-state index in [0.29, 0.717) is 33.8 Å². The van der Waals surface area contributed by atoms with Crippen LogP contribution in [0.5, 0.6) is 0 Å². The normalized spacial score (nSPS) is 15.6. The second-order valence-corrected chi connectivity index (χ2v) is 16.0. The lowest BCUT2D eigenvalue weighted by Crippen LogP contribution is -2.54. The third-order valence-electron chi connectivity index (χ3n) is 9.79. The predicted octanol–water partition coefficient (Wildman–Crippen LogP) is 6.13. The van der Waals surface area contributed by atoms with E-state index in [1.807, 2.05) is 13.0 Å². The molecule has 7 N–H and O–H groups in total. The van der Waals surface area contributed by atoms with Crippen molar-refractivity contribution in [2.45, 2.75) is 75.6 Å². The third kappa shape index (κ3) is 9.92. The molecule has 18 heteroatoms. The number of amides is 5. The van der Waals surface area contributed by atoms with E-state index in [0.717, 1.165) is 61.5 Å². The Morgan fingerprint density at radius 1 is 0.931 bits per heavy atom.